The van der Waals surface area contributed by atoms with Crippen LogP contribution in [-0.4, -0.2) is 18.1 Å². The maximum atomic E-state index is 12.0. The molecule has 2 N–H and O–H groups in total. The molecular weight excluding hydrogens is 266 g/mol. The Bertz CT molecular complexity index is 596. The second-order valence-corrected chi connectivity index (χ2v) is 4.25. The number of aromatic hydroxyl groups is 1. The number of hydrogen-bond acceptors (Lipinski definition) is 3. The van der Waals surface area contributed by atoms with Crippen LogP contribution in [-0.2, 0) is 0 Å². The molecule has 0 spiro atoms. The molecule has 0 radical (unpaired) electrons. The van der Waals surface area contributed by atoms with Crippen molar-refractivity contribution in [3.63, 3.8) is 0 Å². The lowest BCUT2D eigenvalue weighted by Gasteiger charge is -2.09. The highest BCUT2D eigenvalue weighted by Crippen LogP contribution is 2.27. The van der Waals surface area contributed by atoms with Gasteiger partial charge in [-0.25, -0.2) is 0 Å². The SMILES string of the molecule is COc1ccc(Cl)c(NC(=O)c2ccc(O)cc2)c1. The molecule has 0 atom stereocenters. The molecule has 98 valence electrons. The molecular formula is C14H12ClNO3. The van der Waals surface area contributed by atoms with Gasteiger partial charge in [0.05, 0.1) is 17.8 Å². The van der Waals surface area contributed by atoms with Crippen molar-refractivity contribution in [2.24, 2.45) is 0 Å². The van der Waals surface area contributed by atoms with E-state index in [0.717, 1.165) is 0 Å². The van der Waals surface area contributed by atoms with Gasteiger partial charge >= 0.3 is 0 Å². The zero-order chi connectivity index (χ0) is 13.8. The van der Waals surface area contributed by atoms with Crippen LogP contribution in [0, 0.1) is 0 Å². The second kappa shape index (κ2) is 5.63. The number of carbonyl (C=O) groups is 1. The molecule has 0 aliphatic heterocycles. The van der Waals surface area contributed by atoms with Crippen molar-refractivity contribution in [2.45, 2.75) is 0 Å². The first-order valence-electron chi connectivity index (χ1n) is 5.54. The van der Waals surface area contributed by atoms with Gasteiger partial charge < -0.3 is 15.2 Å². The van der Waals surface area contributed by atoms with Gasteiger partial charge in [0.25, 0.3) is 5.91 Å². The number of halogens is 1. The third-order valence-corrected chi connectivity index (χ3v) is 2.88. The fourth-order valence-electron chi connectivity index (χ4n) is 1.53. The highest BCUT2D eigenvalue weighted by molar-refractivity contribution is 6.34. The Morgan fingerprint density at radius 3 is 2.53 bits per heavy atom. The van der Waals surface area contributed by atoms with E-state index in [-0.39, 0.29) is 11.7 Å². The molecule has 0 aromatic heterocycles. The lowest BCUT2D eigenvalue weighted by molar-refractivity contribution is 0.102. The van der Waals surface area contributed by atoms with Crippen molar-refractivity contribution in [1.82, 2.24) is 0 Å². The van der Waals surface area contributed by atoms with Crippen molar-refractivity contribution in [3.05, 3.63) is 53.1 Å². The maximum Gasteiger partial charge on any atom is 0.255 e. The zero-order valence-corrected chi connectivity index (χ0v) is 10.9. The topological polar surface area (TPSA) is 58.6 Å². The van der Waals surface area contributed by atoms with Crippen molar-refractivity contribution < 1.29 is 14.6 Å². The van der Waals surface area contributed by atoms with Crippen LogP contribution in [0.3, 0.4) is 0 Å². The minimum absolute atomic E-state index is 0.107. The van der Waals surface area contributed by atoms with E-state index in [0.29, 0.717) is 22.0 Å². The van der Waals surface area contributed by atoms with Crippen molar-refractivity contribution in [3.8, 4) is 11.5 Å². The molecule has 0 bridgehead atoms. The predicted octanol–water partition coefficient (Wildman–Crippen LogP) is 3.31. The van der Waals surface area contributed by atoms with Gasteiger partial charge in [0, 0.05) is 11.6 Å². The van der Waals surface area contributed by atoms with E-state index in [2.05, 4.69) is 5.32 Å². The van der Waals surface area contributed by atoms with Gasteiger partial charge in [0.2, 0.25) is 0 Å². The first-order valence-corrected chi connectivity index (χ1v) is 5.92. The number of hydrogen-bond donors (Lipinski definition) is 2. The molecule has 0 saturated heterocycles. The van der Waals surface area contributed by atoms with Crippen LogP contribution in [0.4, 0.5) is 5.69 Å². The van der Waals surface area contributed by atoms with Crippen LogP contribution in [0.25, 0.3) is 0 Å². The number of carbonyl (C=O) groups excluding carboxylic acids is 1. The summed E-state index contributed by atoms with van der Waals surface area (Å²) in [5, 5.41) is 12.3. The molecule has 2 aromatic carbocycles. The Kier molecular flexibility index (Phi) is 3.92. The summed E-state index contributed by atoms with van der Waals surface area (Å²) in [4.78, 5) is 12.0. The van der Waals surface area contributed by atoms with E-state index >= 15 is 0 Å². The van der Waals surface area contributed by atoms with E-state index in [1.165, 1.54) is 31.4 Å². The number of benzene rings is 2. The molecule has 0 saturated carbocycles. The van der Waals surface area contributed by atoms with Gasteiger partial charge in [-0.15, -0.1) is 0 Å². The number of nitrogens with one attached hydrogen (secondary N) is 1. The largest absolute Gasteiger partial charge is 0.508 e. The second-order valence-electron chi connectivity index (χ2n) is 3.85. The molecule has 0 aliphatic carbocycles. The fourth-order valence-corrected chi connectivity index (χ4v) is 1.70. The summed E-state index contributed by atoms with van der Waals surface area (Å²) in [5.74, 6) is 0.400. The number of phenols is 1. The Morgan fingerprint density at radius 2 is 1.89 bits per heavy atom. The molecule has 0 heterocycles. The van der Waals surface area contributed by atoms with Crippen LogP contribution >= 0.6 is 11.6 Å². The third kappa shape index (κ3) is 3.17. The van der Waals surface area contributed by atoms with Crippen molar-refractivity contribution in [1.29, 1.82) is 0 Å². The van der Waals surface area contributed by atoms with Crippen LogP contribution in [0.15, 0.2) is 42.5 Å². The van der Waals surface area contributed by atoms with E-state index in [1.807, 2.05) is 0 Å². The molecule has 0 aliphatic rings. The summed E-state index contributed by atoms with van der Waals surface area (Å²) in [5.41, 5.74) is 0.899. The Balaban J connectivity index is 2.21. The molecule has 0 fully saturated rings. The van der Waals surface area contributed by atoms with Gasteiger partial charge in [0.15, 0.2) is 0 Å². The van der Waals surface area contributed by atoms with Crippen LogP contribution in [0.2, 0.25) is 5.02 Å². The Labute approximate surface area is 115 Å². The zero-order valence-electron chi connectivity index (χ0n) is 10.2. The number of anilines is 1. The lowest BCUT2D eigenvalue weighted by atomic mass is 10.2. The first-order chi connectivity index (χ1) is 9.10. The lowest BCUT2D eigenvalue weighted by Crippen LogP contribution is -2.12. The van der Waals surface area contributed by atoms with Crippen molar-refractivity contribution >= 4 is 23.2 Å². The molecule has 19 heavy (non-hydrogen) atoms. The Morgan fingerprint density at radius 1 is 1.21 bits per heavy atom. The van der Waals surface area contributed by atoms with E-state index in [1.54, 1.807) is 18.2 Å². The highest BCUT2D eigenvalue weighted by atomic mass is 35.5. The molecule has 2 aromatic rings. The minimum Gasteiger partial charge on any atom is -0.508 e. The monoisotopic (exact) mass is 277 g/mol. The number of ether oxygens (including phenoxy) is 1. The van der Waals surface area contributed by atoms with E-state index < -0.39 is 0 Å². The van der Waals surface area contributed by atoms with Gasteiger partial charge in [-0.3, -0.25) is 4.79 Å². The minimum atomic E-state index is -0.310. The van der Waals surface area contributed by atoms with E-state index in [9.17, 15) is 9.90 Å². The number of methoxy groups -OCH3 is 1. The molecule has 1 amide bonds. The molecule has 4 nitrogen and oxygen atoms in total. The van der Waals surface area contributed by atoms with Gasteiger partial charge in [-0.05, 0) is 36.4 Å². The average molecular weight is 278 g/mol. The highest BCUT2D eigenvalue weighted by Gasteiger charge is 2.09. The Hall–Kier alpha value is -2.20. The quantitative estimate of drug-likeness (QED) is 0.905. The van der Waals surface area contributed by atoms with Crippen molar-refractivity contribution in [2.75, 3.05) is 12.4 Å². The molecule has 2 rings (SSSR count). The number of amides is 1. The van der Waals surface area contributed by atoms with Crippen LogP contribution in [0.1, 0.15) is 10.4 Å². The van der Waals surface area contributed by atoms with Crippen LogP contribution < -0.4 is 10.1 Å². The average Bonchev–Trinajstić information content (AvgIpc) is 2.42. The van der Waals surface area contributed by atoms with E-state index in [4.69, 9.17) is 16.3 Å². The molecule has 0 unspecified atom stereocenters. The molecule has 5 heteroatoms. The van der Waals surface area contributed by atoms with Gasteiger partial charge in [0.1, 0.15) is 11.5 Å². The summed E-state index contributed by atoms with van der Waals surface area (Å²) in [6, 6.07) is 10.9. The third-order valence-electron chi connectivity index (χ3n) is 2.55. The predicted molar refractivity (Wildman–Crippen MR) is 74.1 cm³/mol. The summed E-state index contributed by atoms with van der Waals surface area (Å²) >= 11 is 6.00. The normalized spacial score (nSPS) is 10.0. The summed E-state index contributed by atoms with van der Waals surface area (Å²) < 4.78 is 5.07. The summed E-state index contributed by atoms with van der Waals surface area (Å²) in [7, 11) is 1.54. The first kappa shape index (κ1) is 13.2. The maximum absolute atomic E-state index is 12.0. The standard InChI is InChI=1S/C14H12ClNO3/c1-19-11-6-7-12(15)13(8-11)16-14(18)9-2-4-10(17)5-3-9/h2-8,17H,1H3,(H,16,18). The number of phenolic OH excluding ortho intramolecular Hbond substituents is 1. The fraction of sp³-hybridized carbons (Fsp3) is 0.0714. The van der Waals surface area contributed by atoms with Crippen LogP contribution in [0.5, 0.6) is 11.5 Å². The van der Waals surface area contributed by atoms with Gasteiger partial charge in [-0.2, -0.15) is 0 Å². The summed E-state index contributed by atoms with van der Waals surface area (Å²) in [6.07, 6.45) is 0. The smallest absolute Gasteiger partial charge is 0.255 e. The summed E-state index contributed by atoms with van der Waals surface area (Å²) in [6.45, 7) is 0. The van der Waals surface area contributed by atoms with Gasteiger partial charge in [-0.1, -0.05) is 11.6 Å². The number of rotatable bonds is 3.